The SMILES string of the molecule is NC(CS)C(=O)NCC(=O)OC[P+](c1ccccc1)(c1ccccc1)c1ccccc1. The van der Waals surface area contributed by atoms with Gasteiger partial charge in [-0.15, -0.1) is 0 Å². The van der Waals surface area contributed by atoms with Crippen molar-refractivity contribution in [3.05, 3.63) is 91.0 Å². The summed E-state index contributed by atoms with van der Waals surface area (Å²) in [5, 5.41) is 5.85. The van der Waals surface area contributed by atoms with Crippen molar-refractivity contribution in [2.24, 2.45) is 5.73 Å². The summed E-state index contributed by atoms with van der Waals surface area (Å²) in [6.07, 6.45) is 0.193. The average molecular weight is 454 g/mol. The molecule has 3 rings (SSSR count). The second kappa shape index (κ2) is 11.1. The number of benzene rings is 3. The first-order chi connectivity index (χ1) is 15.1. The maximum Gasteiger partial charge on any atom is 0.328 e. The lowest BCUT2D eigenvalue weighted by atomic mass is 10.3. The molecule has 0 aliphatic carbocycles. The number of carbonyl (C=O) groups is 2. The zero-order valence-electron chi connectivity index (χ0n) is 17.1. The zero-order valence-corrected chi connectivity index (χ0v) is 18.8. The largest absolute Gasteiger partial charge is 0.427 e. The fraction of sp³-hybridized carbons (Fsp3) is 0.167. The smallest absolute Gasteiger partial charge is 0.328 e. The summed E-state index contributed by atoms with van der Waals surface area (Å²) in [6.45, 7) is -0.237. The van der Waals surface area contributed by atoms with Gasteiger partial charge in [0, 0.05) is 5.75 Å². The van der Waals surface area contributed by atoms with Gasteiger partial charge in [-0.05, 0) is 36.4 Å². The molecular weight excluding hydrogens is 427 g/mol. The number of carbonyl (C=O) groups excluding carboxylic acids is 2. The molecule has 7 heteroatoms. The molecule has 5 nitrogen and oxygen atoms in total. The molecule has 0 aromatic heterocycles. The van der Waals surface area contributed by atoms with Crippen molar-refractivity contribution in [3.8, 4) is 0 Å². The zero-order chi connectivity index (χ0) is 22.1. The second-order valence-electron chi connectivity index (χ2n) is 6.97. The van der Waals surface area contributed by atoms with Crippen LogP contribution in [-0.2, 0) is 14.3 Å². The Morgan fingerprint density at radius 3 is 1.65 bits per heavy atom. The number of esters is 1. The topological polar surface area (TPSA) is 81.4 Å². The number of hydrogen-bond acceptors (Lipinski definition) is 5. The first-order valence-corrected chi connectivity index (χ1v) is 12.5. The lowest BCUT2D eigenvalue weighted by Gasteiger charge is -2.26. The minimum atomic E-state index is -2.27. The van der Waals surface area contributed by atoms with E-state index in [9.17, 15) is 9.59 Å². The monoisotopic (exact) mass is 453 g/mol. The predicted octanol–water partition coefficient (Wildman–Crippen LogP) is 1.85. The van der Waals surface area contributed by atoms with Crippen LogP contribution in [0.5, 0.6) is 0 Å². The van der Waals surface area contributed by atoms with E-state index < -0.39 is 25.2 Å². The Kier molecular flexibility index (Phi) is 8.24. The first kappa shape index (κ1) is 23.0. The first-order valence-electron chi connectivity index (χ1n) is 9.92. The number of nitrogens with two attached hydrogens (primary N) is 1. The molecule has 0 aliphatic heterocycles. The highest BCUT2D eigenvalue weighted by Gasteiger charge is 2.46. The molecule has 0 heterocycles. The molecule has 31 heavy (non-hydrogen) atoms. The molecule has 3 N–H and O–H groups in total. The van der Waals surface area contributed by atoms with Crippen molar-refractivity contribution in [1.82, 2.24) is 5.32 Å². The number of amides is 1. The summed E-state index contributed by atoms with van der Waals surface area (Å²) >= 11 is 4.00. The predicted molar refractivity (Wildman–Crippen MR) is 131 cm³/mol. The Morgan fingerprint density at radius 1 is 0.839 bits per heavy atom. The van der Waals surface area contributed by atoms with Crippen LogP contribution in [0.2, 0.25) is 0 Å². The maximum absolute atomic E-state index is 12.5. The fourth-order valence-corrected chi connectivity index (χ4v) is 7.20. The lowest BCUT2D eigenvalue weighted by molar-refractivity contribution is -0.142. The van der Waals surface area contributed by atoms with Crippen molar-refractivity contribution in [2.75, 3.05) is 18.6 Å². The summed E-state index contributed by atoms with van der Waals surface area (Å²) in [7, 11) is -2.27. The van der Waals surface area contributed by atoms with E-state index in [1.165, 1.54) is 0 Å². The number of rotatable bonds is 9. The molecule has 3 aromatic rings. The maximum atomic E-state index is 12.5. The summed E-state index contributed by atoms with van der Waals surface area (Å²) < 4.78 is 5.77. The summed E-state index contributed by atoms with van der Waals surface area (Å²) in [5.74, 6) is -0.736. The van der Waals surface area contributed by atoms with Gasteiger partial charge in [0.05, 0.1) is 6.04 Å². The van der Waals surface area contributed by atoms with Crippen molar-refractivity contribution < 1.29 is 14.3 Å². The van der Waals surface area contributed by atoms with Crippen LogP contribution in [0.15, 0.2) is 91.0 Å². The molecule has 1 unspecified atom stereocenters. The highest BCUT2D eigenvalue weighted by atomic mass is 32.1. The number of hydrogen-bond donors (Lipinski definition) is 3. The quantitative estimate of drug-likeness (QED) is 0.262. The van der Waals surface area contributed by atoms with Gasteiger partial charge in [-0.1, -0.05) is 54.6 Å². The van der Waals surface area contributed by atoms with Gasteiger partial charge < -0.3 is 15.8 Å². The normalized spacial score (nSPS) is 12.1. The van der Waals surface area contributed by atoms with Gasteiger partial charge in [0.2, 0.25) is 12.3 Å². The van der Waals surface area contributed by atoms with Gasteiger partial charge in [-0.3, -0.25) is 9.59 Å². The molecule has 0 fully saturated rings. The minimum absolute atomic E-state index is 0.193. The molecule has 0 bridgehead atoms. The average Bonchev–Trinajstić information content (AvgIpc) is 2.84. The van der Waals surface area contributed by atoms with Crippen molar-refractivity contribution in [3.63, 3.8) is 0 Å². The molecule has 0 saturated carbocycles. The Morgan fingerprint density at radius 2 is 1.26 bits per heavy atom. The van der Waals surface area contributed by atoms with Crippen molar-refractivity contribution >= 4 is 47.7 Å². The van der Waals surface area contributed by atoms with E-state index in [2.05, 4.69) is 54.3 Å². The molecule has 0 aliphatic rings. The van der Waals surface area contributed by atoms with Gasteiger partial charge in [0.1, 0.15) is 22.5 Å². The summed E-state index contributed by atoms with van der Waals surface area (Å²) in [6, 6.07) is 29.6. The van der Waals surface area contributed by atoms with Crippen LogP contribution in [0.4, 0.5) is 0 Å². The molecular formula is C24H26N2O3PS+. The van der Waals surface area contributed by atoms with E-state index in [0.29, 0.717) is 0 Å². The highest BCUT2D eigenvalue weighted by molar-refractivity contribution is 7.95. The highest BCUT2D eigenvalue weighted by Crippen LogP contribution is 2.55. The van der Waals surface area contributed by atoms with Crippen LogP contribution in [-0.4, -0.2) is 36.6 Å². The van der Waals surface area contributed by atoms with Gasteiger partial charge in [0.25, 0.3) is 0 Å². The minimum Gasteiger partial charge on any atom is -0.427 e. The Bertz CT molecular complexity index is 891. The molecule has 1 amide bonds. The lowest BCUT2D eigenvalue weighted by Crippen LogP contribution is -2.44. The summed E-state index contributed by atoms with van der Waals surface area (Å²) in [4.78, 5) is 24.4. The van der Waals surface area contributed by atoms with Gasteiger partial charge in [-0.2, -0.15) is 12.6 Å². The van der Waals surface area contributed by atoms with E-state index in [-0.39, 0.29) is 18.6 Å². The third-order valence-corrected chi connectivity index (χ3v) is 9.40. The second-order valence-corrected chi connectivity index (χ2v) is 10.8. The van der Waals surface area contributed by atoms with E-state index in [4.69, 9.17) is 10.5 Å². The van der Waals surface area contributed by atoms with Crippen molar-refractivity contribution in [1.29, 1.82) is 0 Å². The number of nitrogens with one attached hydrogen (secondary N) is 1. The standard InChI is InChI=1S/C24H25N2O3PS/c25-22(17-31)24(28)26-16-23(27)29-18-30(19-10-4-1-5-11-19,20-12-6-2-7-13-20)21-14-8-3-9-15-21/h1-15,22H,16-18,25H2,(H-,26,28,31)/p+1. The molecule has 0 radical (unpaired) electrons. The van der Waals surface area contributed by atoms with Crippen LogP contribution in [0.25, 0.3) is 0 Å². The number of thiol groups is 1. The van der Waals surface area contributed by atoms with E-state index in [1.54, 1.807) is 0 Å². The van der Waals surface area contributed by atoms with Gasteiger partial charge >= 0.3 is 5.97 Å². The van der Waals surface area contributed by atoms with Crippen LogP contribution >= 0.6 is 19.9 Å². The van der Waals surface area contributed by atoms with E-state index in [0.717, 1.165) is 15.9 Å². The Hall–Kier alpha value is -2.66. The van der Waals surface area contributed by atoms with Gasteiger partial charge in [-0.25, -0.2) is 0 Å². The third-order valence-electron chi connectivity index (χ3n) is 4.95. The third kappa shape index (κ3) is 5.53. The Labute approximate surface area is 188 Å². The van der Waals surface area contributed by atoms with E-state index in [1.807, 2.05) is 54.6 Å². The van der Waals surface area contributed by atoms with E-state index >= 15 is 0 Å². The molecule has 3 aromatic carbocycles. The van der Waals surface area contributed by atoms with Crippen LogP contribution in [0, 0.1) is 0 Å². The van der Waals surface area contributed by atoms with Gasteiger partial charge in [0.15, 0.2) is 7.26 Å². The van der Waals surface area contributed by atoms with Crippen molar-refractivity contribution in [2.45, 2.75) is 6.04 Å². The molecule has 0 saturated heterocycles. The van der Waals surface area contributed by atoms with Crippen LogP contribution in [0.1, 0.15) is 0 Å². The molecule has 0 spiro atoms. The molecule has 160 valence electrons. The molecule has 1 atom stereocenters. The fourth-order valence-electron chi connectivity index (χ4n) is 3.31. The van der Waals surface area contributed by atoms with Crippen LogP contribution in [0.3, 0.4) is 0 Å². The summed E-state index contributed by atoms with van der Waals surface area (Å²) in [5.41, 5.74) is 5.64. The van der Waals surface area contributed by atoms with Crippen LogP contribution < -0.4 is 27.0 Å². The number of ether oxygens (including phenoxy) is 1. The Balaban J connectivity index is 1.93.